The lowest BCUT2D eigenvalue weighted by atomic mass is 10.2. The van der Waals surface area contributed by atoms with E-state index < -0.39 is 0 Å². The second kappa shape index (κ2) is 4.98. The molecule has 0 aliphatic carbocycles. The largest absolute Gasteiger partial charge is 0.374 e. The molecule has 1 aromatic carbocycles. The number of methoxy groups -OCH3 is 1. The van der Waals surface area contributed by atoms with Gasteiger partial charge in [-0.05, 0) is 5.56 Å². The van der Waals surface area contributed by atoms with Gasteiger partial charge in [-0.25, -0.2) is 0 Å². The van der Waals surface area contributed by atoms with Gasteiger partial charge in [0.05, 0.1) is 29.8 Å². The monoisotopic (exact) mass is 252 g/mol. The van der Waals surface area contributed by atoms with Gasteiger partial charge in [0.2, 0.25) is 0 Å². The van der Waals surface area contributed by atoms with Crippen LogP contribution >= 0.6 is 11.8 Å². The first kappa shape index (κ1) is 11.5. The molecule has 3 rings (SSSR count). The summed E-state index contributed by atoms with van der Waals surface area (Å²) in [6, 6.07) is 10.2. The Hall–Kier alpha value is -0.550. The molecule has 0 unspecified atom stereocenters. The van der Waals surface area contributed by atoms with Crippen LogP contribution in [0.5, 0.6) is 0 Å². The maximum absolute atomic E-state index is 5.74. The average Bonchev–Trinajstić information content (AvgIpc) is 3.09. The zero-order chi connectivity index (χ0) is 11.7. The molecule has 0 amide bonds. The molecule has 0 spiro atoms. The lowest BCUT2D eigenvalue weighted by molar-refractivity contribution is -0.129. The minimum atomic E-state index is -0.0321. The molecule has 92 valence electrons. The van der Waals surface area contributed by atoms with Gasteiger partial charge >= 0.3 is 0 Å². The maximum atomic E-state index is 5.74. The van der Waals surface area contributed by atoms with E-state index in [1.165, 1.54) is 5.56 Å². The van der Waals surface area contributed by atoms with Gasteiger partial charge in [-0.15, -0.1) is 11.8 Å². The third-order valence-electron chi connectivity index (χ3n) is 3.13. The molecule has 4 heteroatoms. The summed E-state index contributed by atoms with van der Waals surface area (Å²) in [7, 11) is 1.70. The van der Waals surface area contributed by atoms with E-state index in [1.807, 2.05) is 30.0 Å². The molecule has 3 nitrogen and oxygen atoms in total. The zero-order valence-electron chi connectivity index (χ0n) is 9.74. The Morgan fingerprint density at radius 1 is 1.24 bits per heavy atom. The van der Waals surface area contributed by atoms with Crippen LogP contribution in [0.3, 0.4) is 0 Å². The van der Waals surface area contributed by atoms with E-state index in [0.29, 0.717) is 23.7 Å². The van der Waals surface area contributed by atoms with Crippen LogP contribution in [0, 0.1) is 0 Å². The van der Waals surface area contributed by atoms with Crippen LogP contribution in [0.4, 0.5) is 0 Å². The van der Waals surface area contributed by atoms with E-state index >= 15 is 0 Å². The van der Waals surface area contributed by atoms with E-state index in [9.17, 15) is 0 Å². The Bertz CT molecular complexity index is 370. The molecule has 4 atom stereocenters. The summed E-state index contributed by atoms with van der Waals surface area (Å²) >= 11 is 1.94. The Kier molecular flexibility index (Phi) is 3.38. The maximum Gasteiger partial charge on any atom is 0.170 e. The van der Waals surface area contributed by atoms with E-state index in [2.05, 4.69) is 12.1 Å². The fourth-order valence-corrected chi connectivity index (χ4v) is 3.37. The molecule has 2 fully saturated rings. The number of thioether (sulfide) groups is 1. The highest BCUT2D eigenvalue weighted by Gasteiger charge is 2.57. The zero-order valence-corrected chi connectivity index (χ0v) is 10.6. The SMILES string of the molecule is CO[C@H]1O[C@H](COCc2ccccc2)[C@H]2S[C@@H]12. The minimum Gasteiger partial charge on any atom is -0.374 e. The summed E-state index contributed by atoms with van der Waals surface area (Å²) in [5.74, 6) is 0. The number of benzene rings is 1. The molecule has 0 N–H and O–H groups in total. The molecule has 0 radical (unpaired) electrons. The van der Waals surface area contributed by atoms with E-state index in [1.54, 1.807) is 7.11 Å². The summed E-state index contributed by atoms with van der Waals surface area (Å²) in [4.78, 5) is 0. The molecular weight excluding hydrogens is 236 g/mol. The van der Waals surface area contributed by atoms with Crippen molar-refractivity contribution >= 4 is 11.8 Å². The number of hydrogen-bond acceptors (Lipinski definition) is 4. The van der Waals surface area contributed by atoms with Crippen molar-refractivity contribution in [3.63, 3.8) is 0 Å². The first-order chi connectivity index (χ1) is 8.38. The fourth-order valence-electron chi connectivity index (χ4n) is 2.17. The van der Waals surface area contributed by atoms with Crippen molar-refractivity contribution in [2.45, 2.75) is 29.5 Å². The van der Waals surface area contributed by atoms with Gasteiger partial charge in [-0.1, -0.05) is 30.3 Å². The number of fused-ring (bicyclic) bond motifs is 1. The van der Waals surface area contributed by atoms with E-state index in [-0.39, 0.29) is 12.4 Å². The van der Waals surface area contributed by atoms with E-state index in [0.717, 1.165) is 0 Å². The van der Waals surface area contributed by atoms with Gasteiger partial charge in [0.1, 0.15) is 0 Å². The summed E-state index contributed by atoms with van der Waals surface area (Å²) in [5, 5.41) is 1.11. The molecule has 2 aliphatic heterocycles. The van der Waals surface area contributed by atoms with Crippen LogP contribution in [0.2, 0.25) is 0 Å². The van der Waals surface area contributed by atoms with Crippen LogP contribution in [-0.2, 0) is 20.8 Å². The smallest absolute Gasteiger partial charge is 0.170 e. The quantitative estimate of drug-likeness (QED) is 0.750. The predicted molar refractivity (Wildman–Crippen MR) is 66.9 cm³/mol. The van der Waals surface area contributed by atoms with Gasteiger partial charge < -0.3 is 14.2 Å². The molecule has 2 heterocycles. The van der Waals surface area contributed by atoms with Crippen LogP contribution < -0.4 is 0 Å². The van der Waals surface area contributed by atoms with Crippen molar-refractivity contribution in [1.82, 2.24) is 0 Å². The van der Waals surface area contributed by atoms with Crippen molar-refractivity contribution in [2.24, 2.45) is 0 Å². The molecule has 1 aromatic rings. The molecule has 0 bridgehead atoms. The second-order valence-electron chi connectivity index (χ2n) is 4.34. The Labute approximate surface area is 105 Å². The normalized spacial score (nSPS) is 34.6. The van der Waals surface area contributed by atoms with Crippen LogP contribution in [-0.4, -0.2) is 36.6 Å². The van der Waals surface area contributed by atoms with Crippen molar-refractivity contribution in [3.8, 4) is 0 Å². The molecule has 17 heavy (non-hydrogen) atoms. The van der Waals surface area contributed by atoms with Crippen molar-refractivity contribution < 1.29 is 14.2 Å². The molecule has 2 aliphatic rings. The molecule has 2 saturated heterocycles. The summed E-state index contributed by atoms with van der Waals surface area (Å²) in [6.07, 6.45) is 0.161. The summed E-state index contributed by atoms with van der Waals surface area (Å²) in [6.45, 7) is 1.31. The summed E-state index contributed by atoms with van der Waals surface area (Å²) < 4.78 is 16.7. The summed E-state index contributed by atoms with van der Waals surface area (Å²) in [5.41, 5.74) is 1.20. The van der Waals surface area contributed by atoms with Gasteiger partial charge in [0.25, 0.3) is 0 Å². The Balaban J connectivity index is 1.44. The topological polar surface area (TPSA) is 27.7 Å². The third-order valence-corrected chi connectivity index (χ3v) is 4.56. The highest BCUT2D eigenvalue weighted by atomic mass is 32.2. The van der Waals surface area contributed by atoms with Gasteiger partial charge in [0.15, 0.2) is 6.29 Å². The first-order valence-electron chi connectivity index (χ1n) is 5.84. The van der Waals surface area contributed by atoms with Crippen molar-refractivity contribution in [2.75, 3.05) is 13.7 Å². The van der Waals surface area contributed by atoms with Crippen LogP contribution in [0.1, 0.15) is 5.56 Å². The molecular formula is C13H16O3S. The van der Waals surface area contributed by atoms with Gasteiger partial charge in [-0.3, -0.25) is 0 Å². The highest BCUT2D eigenvalue weighted by Crippen LogP contribution is 2.53. The Morgan fingerprint density at radius 3 is 2.76 bits per heavy atom. The number of ether oxygens (including phenoxy) is 3. The lowest BCUT2D eigenvalue weighted by Gasteiger charge is -2.16. The Morgan fingerprint density at radius 2 is 2.06 bits per heavy atom. The number of hydrogen-bond donors (Lipinski definition) is 0. The second-order valence-corrected chi connectivity index (χ2v) is 5.71. The molecule has 0 aromatic heterocycles. The third kappa shape index (κ3) is 2.50. The van der Waals surface area contributed by atoms with Crippen LogP contribution in [0.25, 0.3) is 0 Å². The first-order valence-corrected chi connectivity index (χ1v) is 6.78. The van der Waals surface area contributed by atoms with Crippen molar-refractivity contribution in [3.05, 3.63) is 35.9 Å². The van der Waals surface area contributed by atoms with Gasteiger partial charge in [-0.2, -0.15) is 0 Å². The average molecular weight is 252 g/mol. The number of rotatable bonds is 5. The fraction of sp³-hybridized carbons (Fsp3) is 0.538. The molecule has 0 saturated carbocycles. The van der Waals surface area contributed by atoms with E-state index in [4.69, 9.17) is 14.2 Å². The minimum absolute atomic E-state index is 0.0321. The highest BCUT2D eigenvalue weighted by molar-refractivity contribution is 8.07. The lowest BCUT2D eigenvalue weighted by Crippen LogP contribution is -2.23. The van der Waals surface area contributed by atoms with Crippen LogP contribution in [0.15, 0.2) is 30.3 Å². The van der Waals surface area contributed by atoms with Gasteiger partial charge in [0, 0.05) is 7.11 Å². The van der Waals surface area contributed by atoms with Crippen molar-refractivity contribution in [1.29, 1.82) is 0 Å². The standard InChI is InChI=1S/C13H16O3S/c1-14-13-12-11(17-12)10(16-13)8-15-7-9-5-3-2-4-6-9/h2-6,10-13H,7-8H2,1H3/t10-,11-,12-,13+/m1/s1. The predicted octanol–water partition coefficient (Wildman–Crippen LogP) is 2.06.